The van der Waals surface area contributed by atoms with Crippen LogP contribution in [0.15, 0.2) is 152 Å². The molecule has 8 rings (SSSR count). The first-order valence-electron chi connectivity index (χ1n) is 21.9. The van der Waals surface area contributed by atoms with Gasteiger partial charge in [-0.15, -0.1) is 29.3 Å². The molecule has 0 atom stereocenters. The van der Waals surface area contributed by atoms with Gasteiger partial charge in [0.15, 0.2) is 0 Å². The monoisotopic (exact) mass is 866 g/mol. The van der Waals surface area contributed by atoms with Crippen LogP contribution in [0, 0.1) is 12.9 Å². The van der Waals surface area contributed by atoms with Gasteiger partial charge in [0.1, 0.15) is 11.6 Å². The predicted molar refractivity (Wildman–Crippen MR) is 210 cm³/mol. The molecule has 0 saturated heterocycles. The molecule has 4 nitrogen and oxygen atoms in total. The summed E-state index contributed by atoms with van der Waals surface area (Å²) in [5.74, 6) is 0.349. The van der Waals surface area contributed by atoms with E-state index in [0.29, 0.717) is 44.8 Å². The minimum absolute atomic E-state index is 0. The van der Waals surface area contributed by atoms with Crippen LogP contribution in [0.2, 0.25) is 0 Å². The molecule has 0 amide bonds. The van der Waals surface area contributed by atoms with Crippen LogP contribution in [0.25, 0.3) is 72.7 Å². The van der Waals surface area contributed by atoms with E-state index in [1.807, 2.05) is 79.9 Å². The average molecular weight is 867 g/mol. The summed E-state index contributed by atoms with van der Waals surface area (Å²) in [4.78, 5) is 9.57. The molecule has 6 aromatic carbocycles. The zero-order valence-electron chi connectivity index (χ0n) is 39.4. The van der Waals surface area contributed by atoms with E-state index in [2.05, 4.69) is 11.1 Å². The van der Waals surface area contributed by atoms with Gasteiger partial charge in [0, 0.05) is 42.6 Å². The number of imidazole rings is 1. The molecule has 0 aliphatic heterocycles. The first-order chi connectivity index (χ1) is 29.3. The Labute approximate surface area is 335 Å². The van der Waals surface area contributed by atoms with E-state index in [1.54, 1.807) is 48.5 Å². The number of rotatable bonds is 6. The maximum atomic E-state index is 11.3. The minimum atomic E-state index is -2.39. The van der Waals surface area contributed by atoms with Crippen LogP contribution < -0.4 is 0 Å². The van der Waals surface area contributed by atoms with E-state index in [1.165, 1.54) is 0 Å². The van der Waals surface area contributed by atoms with Gasteiger partial charge in [-0.1, -0.05) is 134 Å². The Morgan fingerprint density at radius 1 is 0.731 bits per heavy atom. The van der Waals surface area contributed by atoms with Crippen molar-refractivity contribution in [2.24, 2.45) is 0 Å². The van der Waals surface area contributed by atoms with Crippen molar-refractivity contribution in [3.63, 3.8) is 0 Å². The molecule has 1 N–H and O–H groups in total. The summed E-state index contributed by atoms with van der Waals surface area (Å²) in [7, 11) is 0. The third kappa shape index (κ3) is 6.63. The van der Waals surface area contributed by atoms with Crippen molar-refractivity contribution in [3.8, 4) is 67.5 Å². The Kier molecular flexibility index (Phi) is 6.51. The topological polar surface area (TPSA) is 50.9 Å². The molecule has 0 aliphatic carbocycles. The SMILES string of the molecule is [2H]c1nc(-c2[c-]c(-c3cccc4c3nc(-c3ccccc3O)n4-c3ccc(C([2H])([2H])[2H])cc3-c3ccccc3)cc(C(C)(C)C)c2)c([2H])c(-c2c([2H])c([2H])c([2H])c([2H])c2[2H])c1[2H].[Pt]. The molecule has 5 heteroatoms. The number of phenols is 1. The fraction of sp³-hybridized carbons (Fsp3) is 0.106. The quantitative estimate of drug-likeness (QED) is 0.169. The molecule has 52 heavy (non-hydrogen) atoms. The molecule has 2 heterocycles. The van der Waals surface area contributed by atoms with Gasteiger partial charge in [-0.2, -0.15) is 0 Å². The summed E-state index contributed by atoms with van der Waals surface area (Å²) < 4.78 is 95.2. The molecule has 8 aromatic rings. The van der Waals surface area contributed by atoms with Crippen molar-refractivity contribution in [1.82, 2.24) is 14.5 Å². The standard InChI is InChI=1S/C47H38N3O.Pt/c1-31-22-23-42(40(26-31)33-16-9-6-10-17-33)50-43-20-13-19-38(45(43)49-46(50)39-18-11-12-21-44(39)51)35-27-36(29-37(28-35)47(2,3)4)41-30-34(24-25-48-41)32-14-7-5-8-15-32;/h5-26,28-30,51H,1-4H3;/q-1;/i1D3,5D,7D,8D,14D,15D,24D,25D,30D;. The number of benzene rings is 6. The summed E-state index contributed by atoms with van der Waals surface area (Å²) in [6.45, 7) is 3.63. The van der Waals surface area contributed by atoms with Crippen LogP contribution in [-0.4, -0.2) is 19.6 Å². The van der Waals surface area contributed by atoms with Gasteiger partial charge in [-0.05, 0) is 65.3 Å². The third-order valence-corrected chi connectivity index (χ3v) is 8.77. The van der Waals surface area contributed by atoms with E-state index in [0.717, 1.165) is 11.1 Å². The second-order valence-electron chi connectivity index (χ2n) is 13.2. The number of aromatic nitrogens is 3. The molecule has 0 saturated carbocycles. The fourth-order valence-corrected chi connectivity index (χ4v) is 6.20. The largest absolute Gasteiger partial charge is 0.507 e. The molecule has 0 unspecified atom stereocenters. The number of para-hydroxylation sites is 2. The van der Waals surface area contributed by atoms with Crippen LogP contribution in [0.5, 0.6) is 5.75 Å². The summed E-state index contributed by atoms with van der Waals surface area (Å²) in [6, 6.07) is 29.9. The number of hydrogen-bond acceptors (Lipinski definition) is 3. The Bertz CT molecular complexity index is 3080. The Morgan fingerprint density at radius 2 is 1.48 bits per heavy atom. The van der Waals surface area contributed by atoms with E-state index in [-0.39, 0.29) is 54.8 Å². The normalized spacial score (nSPS) is 14.6. The number of aryl methyl sites for hydroxylation is 1. The number of fused-ring (bicyclic) bond motifs is 1. The van der Waals surface area contributed by atoms with Crippen LogP contribution in [0.1, 0.15) is 47.0 Å². The molecule has 0 aliphatic rings. The second-order valence-corrected chi connectivity index (χ2v) is 13.2. The van der Waals surface area contributed by atoms with Gasteiger partial charge < -0.3 is 5.11 Å². The van der Waals surface area contributed by atoms with Gasteiger partial charge in [-0.25, -0.2) is 4.98 Å². The maximum Gasteiger partial charge on any atom is 0.148 e. The first-order valence-corrected chi connectivity index (χ1v) is 16.4. The van der Waals surface area contributed by atoms with E-state index < -0.39 is 60.7 Å². The summed E-state index contributed by atoms with van der Waals surface area (Å²) in [6.07, 6.45) is -0.555. The number of nitrogens with zero attached hydrogens (tertiary/aromatic N) is 3. The number of aromatic hydroxyl groups is 1. The minimum Gasteiger partial charge on any atom is -0.507 e. The van der Waals surface area contributed by atoms with Crippen molar-refractivity contribution in [1.29, 1.82) is 0 Å². The smallest absolute Gasteiger partial charge is 0.148 e. The molecule has 0 fully saturated rings. The first kappa shape index (κ1) is 23.8. The van der Waals surface area contributed by atoms with Crippen molar-refractivity contribution in [2.45, 2.75) is 33.0 Å². The Hall–Kier alpha value is -5.57. The summed E-state index contributed by atoms with van der Waals surface area (Å²) in [5, 5.41) is 11.3. The molecule has 0 spiro atoms. The van der Waals surface area contributed by atoms with Gasteiger partial charge in [-0.3, -0.25) is 9.55 Å². The molecular formula is C47H38N3OPt-. The maximum absolute atomic E-state index is 11.3. The predicted octanol–water partition coefficient (Wildman–Crippen LogP) is 11.9. The van der Waals surface area contributed by atoms with Crippen LogP contribution in [0.4, 0.5) is 0 Å². The number of phenolic OH excluding ortho intramolecular Hbond substituents is 1. The summed E-state index contributed by atoms with van der Waals surface area (Å²) in [5.41, 5.74) is 4.62. The van der Waals surface area contributed by atoms with Gasteiger partial charge >= 0.3 is 0 Å². The number of hydrogen-bond donors (Lipinski definition) is 1. The summed E-state index contributed by atoms with van der Waals surface area (Å²) >= 11 is 0. The van der Waals surface area contributed by atoms with Crippen LogP contribution in [-0.2, 0) is 26.5 Å². The zero-order chi connectivity index (χ0) is 44.6. The van der Waals surface area contributed by atoms with Crippen molar-refractivity contribution >= 4 is 11.0 Å². The van der Waals surface area contributed by atoms with Gasteiger partial charge in [0.05, 0.1) is 33.3 Å². The van der Waals surface area contributed by atoms with E-state index in [9.17, 15) is 6.48 Å². The molecule has 258 valence electrons. The number of pyridine rings is 1. The van der Waals surface area contributed by atoms with E-state index >= 15 is 0 Å². The molecule has 0 radical (unpaired) electrons. The van der Waals surface area contributed by atoms with Crippen LogP contribution >= 0.6 is 0 Å². The fourth-order valence-electron chi connectivity index (χ4n) is 6.20. The Balaban J connectivity index is 0.00000595. The van der Waals surface area contributed by atoms with Gasteiger partial charge in [0.25, 0.3) is 0 Å². The molecule has 0 bridgehead atoms. The van der Waals surface area contributed by atoms with E-state index in [4.69, 9.17) is 18.7 Å². The van der Waals surface area contributed by atoms with Crippen molar-refractivity contribution in [3.05, 3.63) is 169 Å². The van der Waals surface area contributed by atoms with Gasteiger partial charge in [0.2, 0.25) is 0 Å². The van der Waals surface area contributed by atoms with Crippen LogP contribution in [0.3, 0.4) is 0 Å². The molecule has 2 aromatic heterocycles. The second kappa shape index (κ2) is 14.2. The average Bonchev–Trinajstić information content (AvgIpc) is 3.63. The Morgan fingerprint density at radius 3 is 2.25 bits per heavy atom. The van der Waals surface area contributed by atoms with Crippen molar-refractivity contribution < 1.29 is 41.3 Å². The zero-order valence-corrected chi connectivity index (χ0v) is 30.7. The van der Waals surface area contributed by atoms with Crippen molar-refractivity contribution in [2.75, 3.05) is 0 Å². The molecular weight excluding hydrogens is 818 g/mol. The third-order valence-electron chi connectivity index (χ3n) is 8.77.